The van der Waals surface area contributed by atoms with E-state index < -0.39 is 5.82 Å². The predicted molar refractivity (Wildman–Crippen MR) is 70.0 cm³/mol. The summed E-state index contributed by atoms with van der Waals surface area (Å²) in [5.41, 5.74) is -0.137. The highest BCUT2D eigenvalue weighted by Gasteiger charge is 2.33. The lowest BCUT2D eigenvalue weighted by molar-refractivity contribution is -0.130. The third kappa shape index (κ3) is 3.28. The highest BCUT2D eigenvalue weighted by Crippen LogP contribution is 2.20. The van der Waals surface area contributed by atoms with E-state index in [2.05, 4.69) is 26.6 Å². The Labute approximate surface area is 113 Å². The zero-order valence-electron chi connectivity index (χ0n) is 9.93. The Kier molecular flexibility index (Phi) is 3.99. The van der Waals surface area contributed by atoms with Gasteiger partial charge in [0.15, 0.2) is 0 Å². The first-order chi connectivity index (χ1) is 8.48. The third-order valence-electron chi connectivity index (χ3n) is 2.75. The molecule has 0 saturated carbocycles. The Bertz CT molecular complexity index is 463. The molecule has 98 valence electrons. The van der Waals surface area contributed by atoms with Crippen molar-refractivity contribution in [3.8, 4) is 0 Å². The molecule has 1 aromatic rings. The van der Waals surface area contributed by atoms with E-state index in [1.165, 1.54) is 12.1 Å². The molecule has 2 rings (SSSR count). The molecule has 0 unspecified atom stereocenters. The molecule has 0 atom stereocenters. The first kappa shape index (κ1) is 13.5. The van der Waals surface area contributed by atoms with Gasteiger partial charge in [-0.2, -0.15) is 0 Å². The topological polar surface area (TPSA) is 50.4 Å². The van der Waals surface area contributed by atoms with Crippen molar-refractivity contribution in [2.45, 2.75) is 12.5 Å². The number of rotatable bonds is 4. The summed E-state index contributed by atoms with van der Waals surface area (Å²) in [6.45, 7) is 3.30. The maximum absolute atomic E-state index is 13.4. The van der Waals surface area contributed by atoms with E-state index in [9.17, 15) is 9.18 Å². The number of carbonyl (C=O) groups is 1. The number of ether oxygens (including phenoxy) is 1. The van der Waals surface area contributed by atoms with Gasteiger partial charge in [-0.1, -0.05) is 15.9 Å². The zero-order chi connectivity index (χ0) is 13.2. The van der Waals surface area contributed by atoms with Gasteiger partial charge in [-0.3, -0.25) is 4.79 Å². The number of benzene rings is 1. The van der Waals surface area contributed by atoms with E-state index in [4.69, 9.17) is 4.74 Å². The first-order valence-electron chi connectivity index (χ1n) is 5.58. The van der Waals surface area contributed by atoms with Crippen LogP contribution < -0.4 is 10.6 Å². The summed E-state index contributed by atoms with van der Waals surface area (Å²) in [4.78, 5) is 11.6. The van der Waals surface area contributed by atoms with E-state index in [1.807, 2.05) is 6.92 Å². The molecule has 18 heavy (non-hydrogen) atoms. The van der Waals surface area contributed by atoms with Crippen LogP contribution in [0.2, 0.25) is 0 Å². The molecule has 1 aliphatic heterocycles. The first-order valence-corrected chi connectivity index (χ1v) is 6.37. The molecule has 0 aliphatic carbocycles. The van der Waals surface area contributed by atoms with Crippen molar-refractivity contribution in [3.05, 3.63) is 28.5 Å². The minimum atomic E-state index is -0.469. The van der Waals surface area contributed by atoms with Crippen LogP contribution in [0.15, 0.2) is 22.7 Å². The van der Waals surface area contributed by atoms with Gasteiger partial charge in [0.25, 0.3) is 0 Å². The fourth-order valence-corrected chi connectivity index (χ4v) is 1.96. The Morgan fingerprint density at radius 1 is 1.61 bits per heavy atom. The van der Waals surface area contributed by atoms with Crippen LogP contribution in [0.5, 0.6) is 0 Å². The normalized spacial score (nSPS) is 17.1. The van der Waals surface area contributed by atoms with Gasteiger partial charge < -0.3 is 15.4 Å². The SMILES string of the molecule is CC1(OCC(=O)Nc2cc(Br)ccc2F)CNC1. The van der Waals surface area contributed by atoms with Gasteiger partial charge >= 0.3 is 0 Å². The quantitative estimate of drug-likeness (QED) is 0.892. The average Bonchev–Trinajstić information content (AvgIpc) is 2.29. The van der Waals surface area contributed by atoms with Gasteiger partial charge in [0.05, 0.1) is 11.3 Å². The van der Waals surface area contributed by atoms with Crippen molar-refractivity contribution < 1.29 is 13.9 Å². The van der Waals surface area contributed by atoms with Crippen molar-refractivity contribution in [2.75, 3.05) is 25.0 Å². The highest BCUT2D eigenvalue weighted by molar-refractivity contribution is 9.10. The summed E-state index contributed by atoms with van der Waals surface area (Å²) in [5, 5.41) is 5.55. The van der Waals surface area contributed by atoms with Crippen molar-refractivity contribution in [2.24, 2.45) is 0 Å². The molecule has 1 amide bonds. The summed E-state index contributed by atoms with van der Waals surface area (Å²) in [7, 11) is 0. The second kappa shape index (κ2) is 5.34. The van der Waals surface area contributed by atoms with E-state index in [0.717, 1.165) is 13.1 Å². The molecular weight excluding hydrogens is 303 g/mol. The Balaban J connectivity index is 1.88. The molecule has 4 nitrogen and oxygen atoms in total. The summed E-state index contributed by atoms with van der Waals surface area (Å²) < 4.78 is 19.6. The molecule has 1 aliphatic rings. The smallest absolute Gasteiger partial charge is 0.250 e. The summed E-state index contributed by atoms with van der Waals surface area (Å²) in [6, 6.07) is 4.38. The molecule has 1 saturated heterocycles. The van der Waals surface area contributed by atoms with Crippen molar-refractivity contribution in [1.29, 1.82) is 0 Å². The van der Waals surface area contributed by atoms with Crippen LogP contribution in [0.1, 0.15) is 6.92 Å². The van der Waals surface area contributed by atoms with Crippen LogP contribution in [-0.2, 0) is 9.53 Å². The number of anilines is 1. The van der Waals surface area contributed by atoms with Crippen LogP contribution in [0.3, 0.4) is 0 Å². The Morgan fingerprint density at radius 3 is 2.94 bits per heavy atom. The summed E-state index contributed by atoms with van der Waals surface area (Å²) in [6.07, 6.45) is 0. The number of nitrogens with one attached hydrogen (secondary N) is 2. The van der Waals surface area contributed by atoms with E-state index >= 15 is 0 Å². The lowest BCUT2D eigenvalue weighted by atomic mass is 10.0. The van der Waals surface area contributed by atoms with Gasteiger partial charge in [0.1, 0.15) is 12.4 Å². The van der Waals surface area contributed by atoms with Crippen LogP contribution in [-0.4, -0.2) is 31.2 Å². The Morgan fingerprint density at radius 2 is 2.33 bits per heavy atom. The van der Waals surface area contributed by atoms with Crippen LogP contribution >= 0.6 is 15.9 Å². The fraction of sp³-hybridized carbons (Fsp3) is 0.417. The largest absolute Gasteiger partial charge is 0.363 e. The highest BCUT2D eigenvalue weighted by atomic mass is 79.9. The predicted octanol–water partition coefficient (Wildman–Crippen LogP) is 1.91. The molecule has 0 spiro atoms. The monoisotopic (exact) mass is 316 g/mol. The number of hydrogen-bond acceptors (Lipinski definition) is 3. The maximum atomic E-state index is 13.4. The van der Waals surface area contributed by atoms with Gasteiger partial charge in [-0.15, -0.1) is 0 Å². The van der Waals surface area contributed by atoms with Gasteiger partial charge in [-0.05, 0) is 25.1 Å². The van der Waals surface area contributed by atoms with Gasteiger partial charge in [0.2, 0.25) is 5.91 Å². The second-order valence-corrected chi connectivity index (χ2v) is 5.43. The second-order valence-electron chi connectivity index (χ2n) is 4.51. The van der Waals surface area contributed by atoms with E-state index in [1.54, 1.807) is 6.07 Å². The molecule has 0 aromatic heterocycles. The van der Waals surface area contributed by atoms with Crippen molar-refractivity contribution >= 4 is 27.5 Å². The number of hydrogen-bond donors (Lipinski definition) is 2. The molecule has 6 heteroatoms. The summed E-state index contributed by atoms with van der Waals surface area (Å²) in [5.74, 6) is -0.830. The van der Waals surface area contributed by atoms with E-state index in [0.29, 0.717) is 4.47 Å². The molecule has 1 aromatic carbocycles. The number of halogens is 2. The number of carbonyl (C=O) groups excluding carboxylic acids is 1. The number of amides is 1. The van der Waals surface area contributed by atoms with E-state index in [-0.39, 0.29) is 23.8 Å². The van der Waals surface area contributed by atoms with Crippen LogP contribution in [0.25, 0.3) is 0 Å². The van der Waals surface area contributed by atoms with Gasteiger partial charge in [0, 0.05) is 17.6 Å². The fourth-order valence-electron chi connectivity index (χ4n) is 1.60. The van der Waals surface area contributed by atoms with Gasteiger partial charge in [-0.25, -0.2) is 4.39 Å². The molecular formula is C12H14BrFN2O2. The molecule has 1 fully saturated rings. The van der Waals surface area contributed by atoms with Crippen molar-refractivity contribution in [1.82, 2.24) is 5.32 Å². The minimum Gasteiger partial charge on any atom is -0.363 e. The molecule has 2 N–H and O–H groups in total. The zero-order valence-corrected chi connectivity index (χ0v) is 11.5. The lowest BCUT2D eigenvalue weighted by Crippen LogP contribution is -2.59. The standard InChI is InChI=1S/C12H14BrFN2O2/c1-12(6-15-7-12)18-5-11(17)16-10-4-8(13)2-3-9(10)14/h2-4,15H,5-7H2,1H3,(H,16,17). The minimum absolute atomic E-state index is 0.0792. The molecule has 0 radical (unpaired) electrons. The maximum Gasteiger partial charge on any atom is 0.250 e. The lowest BCUT2D eigenvalue weighted by Gasteiger charge is -2.38. The van der Waals surface area contributed by atoms with Crippen molar-refractivity contribution in [3.63, 3.8) is 0 Å². The Hall–Kier alpha value is -0.980. The van der Waals surface area contributed by atoms with Crippen LogP contribution in [0.4, 0.5) is 10.1 Å². The summed E-state index contributed by atoms with van der Waals surface area (Å²) >= 11 is 3.22. The average molecular weight is 317 g/mol. The van der Waals surface area contributed by atoms with Crippen LogP contribution in [0, 0.1) is 5.82 Å². The third-order valence-corrected chi connectivity index (χ3v) is 3.25. The molecule has 0 bridgehead atoms. The molecule has 1 heterocycles.